The second kappa shape index (κ2) is 6.08. The fourth-order valence-corrected chi connectivity index (χ4v) is 2.88. The van der Waals surface area contributed by atoms with Crippen molar-refractivity contribution in [3.63, 3.8) is 0 Å². The van der Waals surface area contributed by atoms with Gasteiger partial charge in [0.15, 0.2) is 6.04 Å². The standard InChI is InChI=1S/C17H16N2O4/c1-23-13-7-4-6-12-14(13)16(20)19(15(12)17(21)22)10-8-11-5-2-3-9-18-11/h2-7,9,15H,8,10H2,1H3,(H,21,22). The lowest BCUT2D eigenvalue weighted by Gasteiger charge is -2.21. The number of hydrogen-bond donors (Lipinski definition) is 1. The van der Waals surface area contributed by atoms with Gasteiger partial charge >= 0.3 is 5.97 Å². The number of methoxy groups -OCH3 is 1. The molecular weight excluding hydrogens is 296 g/mol. The molecular formula is C17H16N2O4. The molecule has 1 N–H and O–H groups in total. The summed E-state index contributed by atoms with van der Waals surface area (Å²) in [5.41, 5.74) is 1.62. The van der Waals surface area contributed by atoms with Crippen LogP contribution < -0.4 is 4.74 Å². The number of rotatable bonds is 5. The maximum Gasteiger partial charge on any atom is 0.331 e. The number of carbonyl (C=O) groups is 2. The Morgan fingerprint density at radius 1 is 1.30 bits per heavy atom. The smallest absolute Gasteiger partial charge is 0.331 e. The number of aliphatic carboxylic acids is 1. The van der Waals surface area contributed by atoms with Gasteiger partial charge in [0.25, 0.3) is 5.91 Å². The molecule has 0 aliphatic carbocycles. The van der Waals surface area contributed by atoms with Crippen LogP contribution >= 0.6 is 0 Å². The van der Waals surface area contributed by atoms with Crippen LogP contribution in [-0.4, -0.2) is 40.5 Å². The summed E-state index contributed by atoms with van der Waals surface area (Å²) < 4.78 is 5.21. The number of carboxylic acids is 1. The third-order valence-electron chi connectivity index (χ3n) is 3.93. The summed E-state index contributed by atoms with van der Waals surface area (Å²) in [6.07, 6.45) is 2.17. The zero-order valence-corrected chi connectivity index (χ0v) is 12.6. The van der Waals surface area contributed by atoms with E-state index in [9.17, 15) is 14.7 Å². The molecule has 2 aromatic rings. The summed E-state index contributed by atoms with van der Waals surface area (Å²) >= 11 is 0. The fourth-order valence-electron chi connectivity index (χ4n) is 2.88. The Kier molecular flexibility index (Phi) is 3.97. The topological polar surface area (TPSA) is 79.7 Å². The first-order valence-corrected chi connectivity index (χ1v) is 7.24. The molecule has 0 radical (unpaired) electrons. The molecule has 1 unspecified atom stereocenters. The molecule has 0 saturated heterocycles. The van der Waals surface area contributed by atoms with Gasteiger partial charge in [-0.05, 0) is 18.2 Å². The molecule has 1 aromatic heterocycles. The maximum absolute atomic E-state index is 12.7. The first-order valence-electron chi connectivity index (χ1n) is 7.24. The van der Waals surface area contributed by atoms with Crippen LogP contribution in [0.15, 0.2) is 42.6 Å². The number of amides is 1. The molecule has 1 atom stereocenters. The minimum atomic E-state index is -1.05. The predicted octanol–water partition coefficient (Wildman–Crippen LogP) is 1.91. The van der Waals surface area contributed by atoms with E-state index < -0.39 is 12.0 Å². The maximum atomic E-state index is 12.7. The molecule has 6 heteroatoms. The second-order valence-corrected chi connectivity index (χ2v) is 5.23. The van der Waals surface area contributed by atoms with Gasteiger partial charge in [-0.15, -0.1) is 0 Å². The number of benzene rings is 1. The Labute approximate surface area is 133 Å². The fraction of sp³-hybridized carbons (Fsp3) is 0.235. The number of nitrogens with zero attached hydrogens (tertiary/aromatic N) is 2. The minimum absolute atomic E-state index is 0.282. The van der Waals surface area contributed by atoms with Crippen molar-refractivity contribution in [1.82, 2.24) is 9.88 Å². The van der Waals surface area contributed by atoms with Crippen LogP contribution in [0.2, 0.25) is 0 Å². The number of ether oxygens (including phenoxy) is 1. The van der Waals surface area contributed by atoms with Gasteiger partial charge in [0.05, 0.1) is 12.7 Å². The molecule has 118 valence electrons. The Morgan fingerprint density at radius 3 is 2.78 bits per heavy atom. The number of carbonyl (C=O) groups excluding carboxylic acids is 1. The van der Waals surface area contributed by atoms with Crippen LogP contribution in [0.3, 0.4) is 0 Å². The van der Waals surface area contributed by atoms with Gasteiger partial charge in [-0.25, -0.2) is 4.79 Å². The Bertz CT molecular complexity index is 746. The largest absolute Gasteiger partial charge is 0.496 e. The Morgan fingerprint density at radius 2 is 2.13 bits per heavy atom. The van der Waals surface area contributed by atoms with Crippen molar-refractivity contribution in [2.75, 3.05) is 13.7 Å². The van der Waals surface area contributed by atoms with Gasteiger partial charge in [-0.1, -0.05) is 18.2 Å². The summed E-state index contributed by atoms with van der Waals surface area (Å²) in [5, 5.41) is 9.56. The Balaban J connectivity index is 1.91. The van der Waals surface area contributed by atoms with E-state index in [0.717, 1.165) is 5.69 Å². The van der Waals surface area contributed by atoms with Crippen LogP contribution in [0, 0.1) is 0 Å². The van der Waals surface area contributed by atoms with Gasteiger partial charge in [-0.3, -0.25) is 9.78 Å². The van der Waals surface area contributed by atoms with E-state index in [-0.39, 0.29) is 12.5 Å². The van der Waals surface area contributed by atoms with Crippen molar-refractivity contribution in [2.45, 2.75) is 12.5 Å². The minimum Gasteiger partial charge on any atom is -0.496 e. The zero-order valence-electron chi connectivity index (χ0n) is 12.6. The zero-order chi connectivity index (χ0) is 16.4. The summed E-state index contributed by atoms with van der Waals surface area (Å²) in [4.78, 5) is 29.9. The van der Waals surface area contributed by atoms with E-state index in [1.54, 1.807) is 24.4 Å². The van der Waals surface area contributed by atoms with Crippen molar-refractivity contribution in [3.05, 3.63) is 59.4 Å². The van der Waals surface area contributed by atoms with Gasteiger partial charge < -0.3 is 14.7 Å². The molecule has 0 saturated carbocycles. The first kappa shape index (κ1) is 15.0. The van der Waals surface area contributed by atoms with Gasteiger partial charge in [0.2, 0.25) is 0 Å². The van der Waals surface area contributed by atoms with Crippen molar-refractivity contribution >= 4 is 11.9 Å². The lowest BCUT2D eigenvalue weighted by atomic mass is 10.0. The number of carboxylic acid groups (broad SMARTS) is 1. The number of hydrogen-bond acceptors (Lipinski definition) is 4. The monoisotopic (exact) mass is 312 g/mol. The lowest BCUT2D eigenvalue weighted by Crippen LogP contribution is -2.34. The van der Waals surface area contributed by atoms with Crippen LogP contribution in [0.1, 0.15) is 27.7 Å². The number of fused-ring (bicyclic) bond motifs is 1. The molecule has 1 amide bonds. The molecule has 6 nitrogen and oxygen atoms in total. The number of aromatic nitrogens is 1. The third kappa shape index (κ3) is 2.63. The molecule has 23 heavy (non-hydrogen) atoms. The highest BCUT2D eigenvalue weighted by molar-refractivity contribution is 6.05. The van der Waals surface area contributed by atoms with Gasteiger partial charge in [0.1, 0.15) is 5.75 Å². The van der Waals surface area contributed by atoms with E-state index in [0.29, 0.717) is 23.3 Å². The highest BCUT2D eigenvalue weighted by atomic mass is 16.5. The van der Waals surface area contributed by atoms with Crippen molar-refractivity contribution in [1.29, 1.82) is 0 Å². The van der Waals surface area contributed by atoms with Crippen molar-refractivity contribution in [2.24, 2.45) is 0 Å². The van der Waals surface area contributed by atoms with E-state index in [4.69, 9.17) is 4.74 Å². The summed E-state index contributed by atoms with van der Waals surface area (Å²) in [5.74, 6) is -0.966. The van der Waals surface area contributed by atoms with E-state index in [1.165, 1.54) is 12.0 Å². The van der Waals surface area contributed by atoms with Crippen LogP contribution in [0.25, 0.3) is 0 Å². The molecule has 0 fully saturated rings. The normalized spacial score (nSPS) is 16.3. The number of pyridine rings is 1. The summed E-state index contributed by atoms with van der Waals surface area (Å²) in [6, 6.07) is 9.56. The van der Waals surface area contributed by atoms with Crippen LogP contribution in [0.4, 0.5) is 0 Å². The highest BCUT2D eigenvalue weighted by Crippen LogP contribution is 2.38. The third-order valence-corrected chi connectivity index (χ3v) is 3.93. The first-order chi connectivity index (χ1) is 11.1. The Hall–Kier alpha value is -2.89. The molecule has 2 heterocycles. The van der Waals surface area contributed by atoms with E-state index in [2.05, 4.69) is 4.98 Å². The molecule has 1 aromatic carbocycles. The second-order valence-electron chi connectivity index (χ2n) is 5.23. The quantitative estimate of drug-likeness (QED) is 0.912. The van der Waals surface area contributed by atoms with E-state index in [1.807, 2.05) is 18.2 Å². The molecule has 0 spiro atoms. The summed E-state index contributed by atoms with van der Waals surface area (Å²) in [7, 11) is 1.47. The summed E-state index contributed by atoms with van der Waals surface area (Å²) in [6.45, 7) is 0.282. The SMILES string of the molecule is COc1cccc2c1C(=O)N(CCc1ccccn1)C2C(=O)O. The highest BCUT2D eigenvalue weighted by Gasteiger charge is 2.42. The average molecular weight is 312 g/mol. The average Bonchev–Trinajstić information content (AvgIpc) is 2.86. The lowest BCUT2D eigenvalue weighted by molar-refractivity contribution is -0.142. The molecule has 3 rings (SSSR count). The van der Waals surface area contributed by atoms with Crippen LogP contribution in [-0.2, 0) is 11.2 Å². The predicted molar refractivity (Wildman–Crippen MR) is 82.3 cm³/mol. The van der Waals surface area contributed by atoms with Crippen LogP contribution in [0.5, 0.6) is 5.75 Å². The van der Waals surface area contributed by atoms with Gasteiger partial charge in [0, 0.05) is 30.4 Å². The van der Waals surface area contributed by atoms with E-state index >= 15 is 0 Å². The molecule has 1 aliphatic heterocycles. The van der Waals surface area contributed by atoms with Crippen molar-refractivity contribution in [3.8, 4) is 5.75 Å². The van der Waals surface area contributed by atoms with Gasteiger partial charge in [-0.2, -0.15) is 0 Å². The molecule has 0 bridgehead atoms. The van der Waals surface area contributed by atoms with Crippen molar-refractivity contribution < 1.29 is 19.4 Å². The molecule has 1 aliphatic rings.